The summed E-state index contributed by atoms with van der Waals surface area (Å²) in [5, 5.41) is 0. The van der Waals surface area contributed by atoms with Crippen LogP contribution in [0, 0.1) is 0 Å². The number of imidazole rings is 1. The van der Waals surface area contributed by atoms with Crippen molar-refractivity contribution in [2.45, 2.75) is 6.54 Å². The second kappa shape index (κ2) is 7.03. The molecule has 0 fully saturated rings. The van der Waals surface area contributed by atoms with Crippen molar-refractivity contribution in [1.82, 2.24) is 14.5 Å². The van der Waals surface area contributed by atoms with E-state index in [9.17, 15) is 4.79 Å². The minimum Gasteiger partial charge on any atom is -0.468 e. The van der Waals surface area contributed by atoms with Gasteiger partial charge in [0.15, 0.2) is 0 Å². The highest BCUT2D eigenvalue weighted by molar-refractivity contribution is 5.71. The molecule has 0 aliphatic rings. The van der Waals surface area contributed by atoms with Crippen LogP contribution in [0.2, 0.25) is 0 Å². The highest BCUT2D eigenvalue weighted by Gasteiger charge is 2.13. The molecule has 0 spiro atoms. The van der Waals surface area contributed by atoms with E-state index in [1.807, 2.05) is 22.7 Å². The summed E-state index contributed by atoms with van der Waals surface area (Å²) in [7, 11) is 4.95. The Morgan fingerprint density at radius 2 is 2.29 bits per heavy atom. The van der Waals surface area contributed by atoms with Gasteiger partial charge in [-0.05, 0) is 0 Å². The molecule has 0 N–H and O–H groups in total. The number of hydrogen-bond acceptors (Lipinski definition) is 5. The Bertz CT molecular complexity index is 351. The van der Waals surface area contributed by atoms with Crippen LogP contribution in [-0.4, -0.2) is 54.3 Å². The van der Waals surface area contributed by atoms with Crippen LogP contribution in [0.5, 0.6) is 0 Å². The van der Waals surface area contributed by atoms with E-state index in [0.29, 0.717) is 19.7 Å². The summed E-state index contributed by atoms with van der Waals surface area (Å²) >= 11 is 0. The van der Waals surface area contributed by atoms with Gasteiger partial charge in [-0.2, -0.15) is 0 Å². The van der Waals surface area contributed by atoms with Crippen molar-refractivity contribution in [1.29, 1.82) is 0 Å². The molecule has 17 heavy (non-hydrogen) atoms. The standard InChI is InChI=1S/C11H19N3O3/c1-13-5-4-12-10(13)8-14(6-7-16-2)9-11(15)17-3/h4-5H,6-9H2,1-3H3. The van der Waals surface area contributed by atoms with Gasteiger partial charge in [-0.3, -0.25) is 9.69 Å². The molecule has 0 radical (unpaired) electrons. The topological polar surface area (TPSA) is 56.6 Å². The molecule has 1 heterocycles. The SMILES string of the molecule is COCCN(CC(=O)OC)Cc1nccn1C. The van der Waals surface area contributed by atoms with Crippen LogP contribution in [0.25, 0.3) is 0 Å². The average Bonchev–Trinajstić information content (AvgIpc) is 2.71. The molecule has 0 atom stereocenters. The number of esters is 1. The molecule has 0 aliphatic carbocycles. The van der Waals surface area contributed by atoms with Gasteiger partial charge in [0.1, 0.15) is 5.82 Å². The third-order valence-electron chi connectivity index (χ3n) is 2.48. The predicted molar refractivity (Wildman–Crippen MR) is 62.4 cm³/mol. The molecule has 1 rings (SSSR count). The van der Waals surface area contributed by atoms with E-state index in [2.05, 4.69) is 9.72 Å². The number of aromatic nitrogens is 2. The normalized spacial score (nSPS) is 10.8. The number of ether oxygens (including phenoxy) is 2. The van der Waals surface area contributed by atoms with Gasteiger partial charge in [0.2, 0.25) is 0 Å². The lowest BCUT2D eigenvalue weighted by molar-refractivity contribution is -0.142. The van der Waals surface area contributed by atoms with E-state index in [-0.39, 0.29) is 12.5 Å². The number of hydrogen-bond donors (Lipinski definition) is 0. The molecular formula is C11H19N3O3. The van der Waals surface area contributed by atoms with Crippen LogP contribution >= 0.6 is 0 Å². The van der Waals surface area contributed by atoms with Crippen LogP contribution in [0.3, 0.4) is 0 Å². The maximum Gasteiger partial charge on any atom is 0.319 e. The van der Waals surface area contributed by atoms with Crippen LogP contribution in [0.4, 0.5) is 0 Å². The fourth-order valence-corrected chi connectivity index (χ4v) is 1.43. The summed E-state index contributed by atoms with van der Waals surface area (Å²) in [6, 6.07) is 0. The second-order valence-electron chi connectivity index (χ2n) is 3.73. The van der Waals surface area contributed by atoms with Gasteiger partial charge in [-0.15, -0.1) is 0 Å². The van der Waals surface area contributed by atoms with E-state index in [0.717, 1.165) is 5.82 Å². The van der Waals surface area contributed by atoms with Gasteiger partial charge in [-0.1, -0.05) is 0 Å². The summed E-state index contributed by atoms with van der Waals surface area (Å²) < 4.78 is 11.6. The van der Waals surface area contributed by atoms with Crippen LogP contribution < -0.4 is 0 Å². The minimum absolute atomic E-state index is 0.243. The monoisotopic (exact) mass is 241 g/mol. The van der Waals surface area contributed by atoms with Gasteiger partial charge in [-0.25, -0.2) is 4.98 Å². The molecule has 96 valence electrons. The lowest BCUT2D eigenvalue weighted by Crippen LogP contribution is -2.33. The third kappa shape index (κ3) is 4.54. The Labute approximate surface area is 101 Å². The number of carbonyl (C=O) groups is 1. The quantitative estimate of drug-likeness (QED) is 0.631. The molecule has 6 nitrogen and oxygen atoms in total. The van der Waals surface area contributed by atoms with Gasteiger partial charge >= 0.3 is 5.97 Å². The Kier molecular flexibility index (Phi) is 5.65. The Balaban J connectivity index is 2.56. The summed E-state index contributed by atoms with van der Waals surface area (Å²) in [5.74, 6) is 0.653. The second-order valence-corrected chi connectivity index (χ2v) is 3.73. The number of rotatable bonds is 7. The molecule has 0 amide bonds. The van der Waals surface area contributed by atoms with Crippen molar-refractivity contribution in [3.8, 4) is 0 Å². The Hall–Kier alpha value is -1.40. The first kappa shape index (κ1) is 13.7. The number of nitrogens with zero attached hydrogens (tertiary/aromatic N) is 3. The lowest BCUT2D eigenvalue weighted by atomic mass is 10.4. The van der Waals surface area contributed by atoms with E-state index in [1.54, 1.807) is 13.3 Å². The smallest absolute Gasteiger partial charge is 0.319 e. The molecule has 0 aromatic carbocycles. The average molecular weight is 241 g/mol. The predicted octanol–water partition coefficient (Wildman–Crippen LogP) is 0.0415. The van der Waals surface area contributed by atoms with E-state index in [4.69, 9.17) is 4.74 Å². The van der Waals surface area contributed by atoms with Crippen molar-refractivity contribution in [3.63, 3.8) is 0 Å². The molecule has 0 saturated carbocycles. The fourth-order valence-electron chi connectivity index (χ4n) is 1.43. The summed E-state index contributed by atoms with van der Waals surface area (Å²) in [6.07, 6.45) is 3.62. The maximum atomic E-state index is 11.3. The number of carbonyl (C=O) groups excluding carboxylic acids is 1. The van der Waals surface area contributed by atoms with Crippen molar-refractivity contribution in [3.05, 3.63) is 18.2 Å². The molecule has 1 aromatic heterocycles. The third-order valence-corrected chi connectivity index (χ3v) is 2.48. The number of aryl methyl sites for hydroxylation is 1. The maximum absolute atomic E-state index is 11.3. The van der Waals surface area contributed by atoms with Crippen molar-refractivity contribution in [2.75, 3.05) is 33.9 Å². The van der Waals surface area contributed by atoms with Crippen molar-refractivity contribution in [2.24, 2.45) is 7.05 Å². The fraction of sp³-hybridized carbons (Fsp3) is 0.636. The molecule has 6 heteroatoms. The van der Waals surface area contributed by atoms with Gasteiger partial charge < -0.3 is 14.0 Å². The molecular weight excluding hydrogens is 222 g/mol. The summed E-state index contributed by atoms with van der Waals surface area (Å²) in [6.45, 7) is 2.08. The van der Waals surface area contributed by atoms with E-state index >= 15 is 0 Å². The highest BCUT2D eigenvalue weighted by Crippen LogP contribution is 2.01. The lowest BCUT2D eigenvalue weighted by Gasteiger charge is -2.20. The minimum atomic E-state index is -0.254. The molecule has 0 aliphatic heterocycles. The van der Waals surface area contributed by atoms with Crippen LogP contribution in [-0.2, 0) is 27.9 Å². The largest absolute Gasteiger partial charge is 0.468 e. The van der Waals surface area contributed by atoms with Crippen LogP contribution in [0.15, 0.2) is 12.4 Å². The molecule has 1 aromatic rings. The molecule has 0 unspecified atom stereocenters. The van der Waals surface area contributed by atoms with E-state index < -0.39 is 0 Å². The molecule has 0 bridgehead atoms. The first-order valence-corrected chi connectivity index (χ1v) is 5.41. The van der Waals surface area contributed by atoms with E-state index in [1.165, 1.54) is 7.11 Å². The first-order chi connectivity index (χ1) is 8.17. The Morgan fingerprint density at radius 3 is 2.82 bits per heavy atom. The van der Waals surface area contributed by atoms with Gasteiger partial charge in [0, 0.05) is 33.1 Å². The zero-order valence-corrected chi connectivity index (χ0v) is 10.5. The Morgan fingerprint density at radius 1 is 1.53 bits per heavy atom. The van der Waals surface area contributed by atoms with Gasteiger partial charge in [0.05, 0.1) is 26.8 Å². The zero-order chi connectivity index (χ0) is 12.7. The summed E-state index contributed by atoms with van der Waals surface area (Å²) in [5.41, 5.74) is 0. The summed E-state index contributed by atoms with van der Waals surface area (Å²) in [4.78, 5) is 17.4. The first-order valence-electron chi connectivity index (χ1n) is 5.41. The zero-order valence-electron chi connectivity index (χ0n) is 10.5. The van der Waals surface area contributed by atoms with Crippen LogP contribution in [0.1, 0.15) is 5.82 Å². The molecule has 0 saturated heterocycles. The van der Waals surface area contributed by atoms with Crippen molar-refractivity contribution >= 4 is 5.97 Å². The van der Waals surface area contributed by atoms with Crippen molar-refractivity contribution < 1.29 is 14.3 Å². The number of methoxy groups -OCH3 is 2. The van der Waals surface area contributed by atoms with Gasteiger partial charge in [0.25, 0.3) is 0 Å². The highest BCUT2D eigenvalue weighted by atomic mass is 16.5.